The maximum atomic E-state index is 6.77. The summed E-state index contributed by atoms with van der Waals surface area (Å²) in [6.45, 7) is 11.4. The third-order valence-electron chi connectivity index (χ3n) is 8.94. The minimum absolute atomic E-state index is 0.352. The molecular formula is C40H34N2O. The molecule has 210 valence electrons. The van der Waals surface area contributed by atoms with Gasteiger partial charge in [-0.3, -0.25) is 4.57 Å². The summed E-state index contributed by atoms with van der Waals surface area (Å²) in [6.07, 6.45) is 0. The minimum Gasteiger partial charge on any atom is -0.455 e. The highest BCUT2D eigenvalue weighted by atomic mass is 16.3. The van der Waals surface area contributed by atoms with E-state index in [4.69, 9.17) is 9.40 Å². The molecule has 2 heterocycles. The summed E-state index contributed by atoms with van der Waals surface area (Å²) in [5, 5.41) is 7.17. The van der Waals surface area contributed by atoms with Crippen molar-refractivity contribution in [3.63, 3.8) is 0 Å². The maximum absolute atomic E-state index is 6.77. The van der Waals surface area contributed by atoms with Crippen molar-refractivity contribution in [3.8, 4) is 17.1 Å². The molecule has 0 atom stereocenters. The Labute approximate surface area is 251 Å². The molecule has 0 fully saturated rings. The fraction of sp³-hybridized carbons (Fsp3) is 0.175. The number of benzene rings is 6. The average Bonchev–Trinajstić information content (AvgIpc) is 3.57. The maximum Gasteiger partial charge on any atom is 0.149 e. The molecule has 0 saturated heterocycles. The second kappa shape index (κ2) is 9.57. The van der Waals surface area contributed by atoms with Crippen LogP contribution in [0.25, 0.3) is 71.6 Å². The van der Waals surface area contributed by atoms with Crippen LogP contribution in [0.15, 0.2) is 108 Å². The summed E-state index contributed by atoms with van der Waals surface area (Å²) in [4.78, 5) is 5.30. The Bertz CT molecular complexity index is 2340. The first-order valence-corrected chi connectivity index (χ1v) is 15.3. The Morgan fingerprint density at radius 2 is 1.33 bits per heavy atom. The molecule has 0 N–H and O–H groups in total. The second-order valence-electron chi connectivity index (χ2n) is 12.5. The third kappa shape index (κ3) is 3.91. The number of hydrogen-bond acceptors (Lipinski definition) is 2. The van der Waals surface area contributed by atoms with Crippen LogP contribution in [0.5, 0.6) is 0 Å². The van der Waals surface area contributed by atoms with Crippen molar-refractivity contribution in [2.45, 2.75) is 46.5 Å². The molecule has 43 heavy (non-hydrogen) atoms. The van der Waals surface area contributed by atoms with Crippen molar-refractivity contribution < 1.29 is 4.42 Å². The predicted molar refractivity (Wildman–Crippen MR) is 182 cm³/mol. The molecule has 0 unspecified atom stereocenters. The van der Waals surface area contributed by atoms with Gasteiger partial charge < -0.3 is 4.42 Å². The van der Waals surface area contributed by atoms with Crippen LogP contribution in [0, 0.1) is 6.92 Å². The van der Waals surface area contributed by atoms with E-state index in [0.717, 1.165) is 44.4 Å². The van der Waals surface area contributed by atoms with Gasteiger partial charge in [0, 0.05) is 10.8 Å². The Kier molecular flexibility index (Phi) is 5.74. The largest absolute Gasteiger partial charge is 0.455 e. The highest BCUT2D eigenvalue weighted by Gasteiger charge is 2.25. The van der Waals surface area contributed by atoms with Crippen molar-refractivity contribution in [1.29, 1.82) is 0 Å². The molecule has 2 aromatic heterocycles. The van der Waals surface area contributed by atoms with E-state index < -0.39 is 0 Å². The van der Waals surface area contributed by atoms with Crippen LogP contribution in [0.2, 0.25) is 0 Å². The van der Waals surface area contributed by atoms with Gasteiger partial charge in [-0.25, -0.2) is 4.98 Å². The van der Waals surface area contributed by atoms with Gasteiger partial charge in [0.2, 0.25) is 0 Å². The Hall–Kier alpha value is -4.89. The molecule has 0 bridgehead atoms. The lowest BCUT2D eigenvalue weighted by atomic mass is 9.90. The topological polar surface area (TPSA) is 31.0 Å². The van der Waals surface area contributed by atoms with Gasteiger partial charge in [-0.2, -0.15) is 0 Å². The van der Waals surface area contributed by atoms with Crippen molar-refractivity contribution in [3.05, 3.63) is 120 Å². The van der Waals surface area contributed by atoms with E-state index in [9.17, 15) is 0 Å². The molecule has 0 saturated carbocycles. The van der Waals surface area contributed by atoms with Crippen LogP contribution in [-0.4, -0.2) is 9.55 Å². The van der Waals surface area contributed by atoms with Gasteiger partial charge >= 0.3 is 0 Å². The molecule has 0 spiro atoms. The lowest BCUT2D eigenvalue weighted by Gasteiger charge is -2.23. The van der Waals surface area contributed by atoms with Gasteiger partial charge in [-0.1, -0.05) is 106 Å². The number of fused-ring (bicyclic) bond motifs is 7. The van der Waals surface area contributed by atoms with Gasteiger partial charge in [-0.15, -0.1) is 0 Å². The zero-order valence-corrected chi connectivity index (χ0v) is 25.3. The molecule has 0 aliphatic heterocycles. The van der Waals surface area contributed by atoms with E-state index in [0.29, 0.717) is 11.8 Å². The van der Waals surface area contributed by atoms with Gasteiger partial charge in [0.1, 0.15) is 17.0 Å². The summed E-state index contributed by atoms with van der Waals surface area (Å²) in [5.41, 5.74) is 10.1. The first kappa shape index (κ1) is 25.8. The molecule has 0 amide bonds. The summed E-state index contributed by atoms with van der Waals surface area (Å²) in [5.74, 6) is 1.62. The van der Waals surface area contributed by atoms with Gasteiger partial charge in [0.25, 0.3) is 0 Å². The number of furan rings is 1. The smallest absolute Gasteiger partial charge is 0.149 e. The van der Waals surface area contributed by atoms with Crippen molar-refractivity contribution >= 4 is 54.5 Å². The van der Waals surface area contributed by atoms with Gasteiger partial charge in [0.15, 0.2) is 0 Å². The van der Waals surface area contributed by atoms with E-state index in [2.05, 4.69) is 142 Å². The number of hydrogen-bond donors (Lipinski definition) is 0. The molecular weight excluding hydrogens is 524 g/mol. The quantitative estimate of drug-likeness (QED) is 0.201. The summed E-state index contributed by atoms with van der Waals surface area (Å²) < 4.78 is 9.16. The SMILES string of the molecule is Cc1cc(C(C)C)c(-n2c(-c3cccc4c3oc3cc5ccc6ccccc6c5cc34)nc3ccccc32)c(C(C)C)c1. The normalized spacial score (nSPS) is 12.3. The highest BCUT2D eigenvalue weighted by Crippen LogP contribution is 2.42. The number of rotatable bonds is 4. The van der Waals surface area contributed by atoms with Crippen LogP contribution >= 0.6 is 0 Å². The summed E-state index contributed by atoms with van der Waals surface area (Å²) in [6, 6.07) is 37.2. The number of aryl methyl sites for hydroxylation is 1. The monoisotopic (exact) mass is 558 g/mol. The van der Waals surface area contributed by atoms with Crippen LogP contribution in [0.4, 0.5) is 0 Å². The fourth-order valence-corrected chi connectivity index (χ4v) is 6.88. The van der Waals surface area contributed by atoms with Gasteiger partial charge in [-0.05, 0) is 81.8 Å². The van der Waals surface area contributed by atoms with E-state index in [1.807, 2.05) is 0 Å². The van der Waals surface area contributed by atoms with Crippen molar-refractivity contribution in [1.82, 2.24) is 9.55 Å². The highest BCUT2D eigenvalue weighted by molar-refractivity contribution is 6.17. The number of para-hydroxylation sites is 3. The number of imidazole rings is 1. The van der Waals surface area contributed by atoms with E-state index in [1.165, 1.54) is 43.9 Å². The van der Waals surface area contributed by atoms with E-state index in [-0.39, 0.29) is 0 Å². The molecule has 0 aliphatic rings. The molecule has 8 aromatic rings. The fourth-order valence-electron chi connectivity index (χ4n) is 6.88. The third-order valence-corrected chi connectivity index (χ3v) is 8.94. The zero-order valence-electron chi connectivity index (χ0n) is 25.3. The summed E-state index contributed by atoms with van der Waals surface area (Å²) in [7, 11) is 0. The predicted octanol–water partition coefficient (Wildman–Crippen LogP) is 11.5. The Morgan fingerprint density at radius 3 is 2.12 bits per heavy atom. The van der Waals surface area contributed by atoms with Crippen molar-refractivity contribution in [2.24, 2.45) is 0 Å². The second-order valence-corrected chi connectivity index (χ2v) is 12.5. The average molecular weight is 559 g/mol. The first-order valence-electron chi connectivity index (χ1n) is 15.3. The molecule has 8 rings (SSSR count). The van der Waals surface area contributed by atoms with E-state index >= 15 is 0 Å². The molecule has 3 nitrogen and oxygen atoms in total. The minimum atomic E-state index is 0.352. The lowest BCUT2D eigenvalue weighted by molar-refractivity contribution is 0.670. The first-order chi connectivity index (χ1) is 20.9. The van der Waals surface area contributed by atoms with Crippen LogP contribution in [0.1, 0.15) is 56.2 Å². The molecule has 0 aliphatic carbocycles. The number of nitrogens with zero attached hydrogens (tertiary/aromatic N) is 2. The zero-order chi connectivity index (χ0) is 29.4. The van der Waals surface area contributed by atoms with Crippen LogP contribution in [-0.2, 0) is 0 Å². The molecule has 0 radical (unpaired) electrons. The van der Waals surface area contributed by atoms with E-state index in [1.54, 1.807) is 0 Å². The number of aromatic nitrogens is 2. The standard InChI is InChI=1S/C40H34N2O/c1-23(2)31-19-25(5)20-32(24(3)4)38(31)42-36-16-9-8-15-35(36)41-40(42)30-14-10-13-29-34-22-33-27(21-37(34)43-39(29)30)18-17-26-11-6-7-12-28(26)33/h6-24H,1-5H3. The van der Waals surface area contributed by atoms with Crippen molar-refractivity contribution in [2.75, 3.05) is 0 Å². The lowest BCUT2D eigenvalue weighted by Crippen LogP contribution is -2.09. The Morgan fingerprint density at radius 1 is 0.628 bits per heavy atom. The summed E-state index contributed by atoms with van der Waals surface area (Å²) >= 11 is 0. The molecule has 6 aromatic carbocycles. The van der Waals surface area contributed by atoms with Gasteiger partial charge in [0.05, 0.1) is 22.3 Å². The van der Waals surface area contributed by atoms with Crippen LogP contribution < -0.4 is 0 Å². The van der Waals surface area contributed by atoms with Crippen LogP contribution in [0.3, 0.4) is 0 Å². The Balaban J connectivity index is 1.47. The molecule has 3 heteroatoms.